The normalized spacial score (nSPS) is 34.2. The number of carbonyl (C=O) groups is 1. The molecule has 4 rings (SSSR count). The molecule has 3 aliphatic heterocycles. The lowest BCUT2D eigenvalue weighted by atomic mass is 9.83. The van der Waals surface area contributed by atoms with Crippen LogP contribution in [-0.4, -0.2) is 47.3 Å². The Kier molecular flexibility index (Phi) is 5.12. The minimum absolute atomic E-state index is 0.00563. The number of fused-ring (bicyclic) bond motifs is 3. The van der Waals surface area contributed by atoms with Gasteiger partial charge in [0.2, 0.25) is 0 Å². The van der Waals surface area contributed by atoms with E-state index >= 15 is 0 Å². The van der Waals surface area contributed by atoms with Gasteiger partial charge < -0.3 is 9.84 Å². The SMILES string of the molecule is CC(C)/C=C/[C@](O)(C(=O)O[C@@H]1CN2CCC1CC2)C1CCCC1. The number of allylic oxidation sites excluding steroid dienone is 1. The molecule has 0 amide bonds. The van der Waals surface area contributed by atoms with E-state index in [4.69, 9.17) is 4.74 Å². The van der Waals surface area contributed by atoms with Crippen LogP contribution in [0.3, 0.4) is 0 Å². The molecule has 0 unspecified atom stereocenters. The molecule has 0 radical (unpaired) electrons. The van der Waals surface area contributed by atoms with Gasteiger partial charge in [-0.2, -0.15) is 0 Å². The molecule has 0 aromatic carbocycles. The lowest BCUT2D eigenvalue weighted by Crippen LogP contribution is -2.54. The molecule has 4 fully saturated rings. The van der Waals surface area contributed by atoms with Gasteiger partial charge in [0.15, 0.2) is 5.60 Å². The predicted molar refractivity (Wildman–Crippen MR) is 89.9 cm³/mol. The monoisotopic (exact) mass is 321 g/mol. The van der Waals surface area contributed by atoms with Crippen molar-refractivity contribution in [3.8, 4) is 0 Å². The summed E-state index contributed by atoms with van der Waals surface area (Å²) in [4.78, 5) is 15.2. The van der Waals surface area contributed by atoms with E-state index in [9.17, 15) is 9.90 Å². The van der Waals surface area contributed by atoms with Gasteiger partial charge in [-0.1, -0.05) is 32.8 Å². The molecule has 4 nitrogen and oxygen atoms in total. The molecular weight excluding hydrogens is 290 g/mol. The highest BCUT2D eigenvalue weighted by molar-refractivity contribution is 5.82. The van der Waals surface area contributed by atoms with Crippen molar-refractivity contribution >= 4 is 5.97 Å². The zero-order chi connectivity index (χ0) is 16.4. The van der Waals surface area contributed by atoms with Crippen molar-refractivity contribution in [3.05, 3.63) is 12.2 Å². The van der Waals surface area contributed by atoms with Crippen LogP contribution in [0.5, 0.6) is 0 Å². The van der Waals surface area contributed by atoms with Gasteiger partial charge >= 0.3 is 5.97 Å². The molecule has 0 aromatic heterocycles. The number of carbonyl (C=O) groups excluding carboxylic acids is 1. The summed E-state index contributed by atoms with van der Waals surface area (Å²) in [6.45, 7) is 7.21. The van der Waals surface area contributed by atoms with Crippen molar-refractivity contribution in [2.75, 3.05) is 19.6 Å². The molecule has 0 aromatic rings. The topological polar surface area (TPSA) is 49.8 Å². The lowest BCUT2D eigenvalue weighted by Gasteiger charge is -2.44. The number of hydrogen-bond acceptors (Lipinski definition) is 4. The Hall–Kier alpha value is -0.870. The smallest absolute Gasteiger partial charge is 0.342 e. The molecule has 23 heavy (non-hydrogen) atoms. The molecule has 1 N–H and O–H groups in total. The summed E-state index contributed by atoms with van der Waals surface area (Å²) < 4.78 is 5.85. The second kappa shape index (κ2) is 6.94. The average molecular weight is 321 g/mol. The minimum atomic E-state index is -1.44. The van der Waals surface area contributed by atoms with Crippen LogP contribution >= 0.6 is 0 Å². The molecule has 1 aliphatic carbocycles. The Bertz CT molecular complexity index is 448. The van der Waals surface area contributed by atoms with Crippen molar-refractivity contribution in [3.63, 3.8) is 0 Å². The van der Waals surface area contributed by atoms with Crippen LogP contribution in [0.4, 0.5) is 0 Å². The van der Waals surface area contributed by atoms with E-state index < -0.39 is 11.6 Å². The van der Waals surface area contributed by atoms with Crippen molar-refractivity contribution < 1.29 is 14.6 Å². The first-order chi connectivity index (χ1) is 11.0. The fourth-order valence-corrected chi connectivity index (χ4v) is 4.35. The van der Waals surface area contributed by atoms with Crippen LogP contribution in [0.25, 0.3) is 0 Å². The van der Waals surface area contributed by atoms with E-state index in [1.807, 2.05) is 6.08 Å². The van der Waals surface area contributed by atoms with Crippen molar-refractivity contribution in [2.45, 2.75) is 64.1 Å². The zero-order valence-electron chi connectivity index (χ0n) is 14.5. The summed E-state index contributed by atoms with van der Waals surface area (Å²) in [5.41, 5.74) is -1.44. The van der Waals surface area contributed by atoms with Crippen LogP contribution in [-0.2, 0) is 9.53 Å². The molecular formula is C19H31NO3. The second-order valence-corrected chi connectivity index (χ2v) is 7.99. The maximum atomic E-state index is 12.9. The fourth-order valence-electron chi connectivity index (χ4n) is 4.35. The van der Waals surface area contributed by atoms with Crippen molar-refractivity contribution in [1.82, 2.24) is 4.90 Å². The van der Waals surface area contributed by atoms with E-state index in [0.717, 1.165) is 58.2 Å². The number of hydrogen-bond donors (Lipinski definition) is 1. The quantitative estimate of drug-likeness (QED) is 0.625. The van der Waals surface area contributed by atoms with Gasteiger partial charge in [0.1, 0.15) is 6.10 Å². The van der Waals surface area contributed by atoms with E-state index in [0.29, 0.717) is 11.8 Å². The number of nitrogens with zero attached hydrogens (tertiary/aromatic N) is 1. The van der Waals surface area contributed by atoms with Gasteiger partial charge in [-0.25, -0.2) is 4.79 Å². The average Bonchev–Trinajstić information content (AvgIpc) is 3.08. The maximum absolute atomic E-state index is 12.9. The third kappa shape index (κ3) is 3.63. The first kappa shape index (κ1) is 17.0. The highest BCUT2D eigenvalue weighted by Gasteiger charge is 2.46. The highest BCUT2D eigenvalue weighted by Crippen LogP contribution is 2.38. The molecule has 4 heteroatoms. The second-order valence-electron chi connectivity index (χ2n) is 7.99. The summed E-state index contributed by atoms with van der Waals surface area (Å²) in [6, 6.07) is 0. The van der Waals surface area contributed by atoms with Gasteiger partial charge in [0, 0.05) is 12.5 Å². The lowest BCUT2D eigenvalue weighted by molar-refractivity contribution is -0.180. The molecule has 3 saturated heterocycles. The Morgan fingerprint density at radius 2 is 1.87 bits per heavy atom. The Morgan fingerprint density at radius 1 is 1.22 bits per heavy atom. The maximum Gasteiger partial charge on any atom is 0.342 e. The number of aliphatic hydroxyl groups is 1. The number of rotatable bonds is 5. The van der Waals surface area contributed by atoms with E-state index in [1.165, 1.54) is 0 Å². The minimum Gasteiger partial charge on any atom is -0.458 e. The van der Waals surface area contributed by atoms with Crippen molar-refractivity contribution in [1.29, 1.82) is 0 Å². The van der Waals surface area contributed by atoms with Crippen LogP contribution in [0.1, 0.15) is 52.4 Å². The van der Waals surface area contributed by atoms with Gasteiger partial charge in [-0.3, -0.25) is 4.90 Å². The molecule has 4 aliphatic rings. The zero-order valence-corrected chi connectivity index (χ0v) is 14.5. The standard InChI is InChI=1S/C19H31NO3/c1-14(2)7-10-19(22,16-5-3-4-6-16)18(21)23-17-13-20-11-8-15(17)9-12-20/h7,10,14-17,22H,3-6,8-9,11-13H2,1-2H3/b10-7+/t17-,19-/m1/s1. The van der Waals surface area contributed by atoms with E-state index in [1.54, 1.807) is 6.08 Å². The fraction of sp³-hybridized carbons (Fsp3) is 0.842. The molecule has 2 atom stereocenters. The molecule has 0 spiro atoms. The number of piperidine rings is 3. The summed E-state index contributed by atoms with van der Waals surface area (Å²) in [7, 11) is 0. The third-order valence-corrected chi connectivity index (χ3v) is 5.89. The highest BCUT2D eigenvalue weighted by atomic mass is 16.6. The largest absolute Gasteiger partial charge is 0.458 e. The summed E-state index contributed by atoms with van der Waals surface area (Å²) in [5, 5.41) is 11.2. The first-order valence-electron chi connectivity index (χ1n) is 9.34. The van der Waals surface area contributed by atoms with Crippen LogP contribution < -0.4 is 0 Å². The predicted octanol–water partition coefficient (Wildman–Crippen LogP) is 2.76. The van der Waals surface area contributed by atoms with E-state index in [-0.39, 0.29) is 12.0 Å². The first-order valence-corrected chi connectivity index (χ1v) is 9.34. The Balaban J connectivity index is 1.72. The number of esters is 1. The van der Waals surface area contributed by atoms with Gasteiger partial charge in [0.05, 0.1) is 0 Å². The van der Waals surface area contributed by atoms with Gasteiger partial charge in [0.25, 0.3) is 0 Å². The molecule has 3 heterocycles. The van der Waals surface area contributed by atoms with Crippen LogP contribution in [0.2, 0.25) is 0 Å². The van der Waals surface area contributed by atoms with Gasteiger partial charge in [-0.15, -0.1) is 0 Å². The Morgan fingerprint density at radius 3 is 2.39 bits per heavy atom. The van der Waals surface area contributed by atoms with Crippen molar-refractivity contribution in [2.24, 2.45) is 17.8 Å². The van der Waals surface area contributed by atoms with E-state index in [2.05, 4.69) is 18.7 Å². The molecule has 1 saturated carbocycles. The number of ether oxygens (including phenoxy) is 1. The summed E-state index contributed by atoms with van der Waals surface area (Å²) >= 11 is 0. The van der Waals surface area contributed by atoms with Gasteiger partial charge in [-0.05, 0) is 56.7 Å². The third-order valence-electron chi connectivity index (χ3n) is 5.89. The van der Waals surface area contributed by atoms with Crippen LogP contribution in [0.15, 0.2) is 12.2 Å². The molecule has 130 valence electrons. The molecule has 2 bridgehead atoms. The van der Waals surface area contributed by atoms with Crippen LogP contribution in [0, 0.1) is 17.8 Å². The Labute approximate surface area is 139 Å². The summed E-state index contributed by atoms with van der Waals surface area (Å²) in [6.07, 6.45) is 9.86. The summed E-state index contributed by atoms with van der Waals surface area (Å²) in [5.74, 6) is 0.379.